The summed E-state index contributed by atoms with van der Waals surface area (Å²) in [4.78, 5) is 10.1. The van der Waals surface area contributed by atoms with Crippen LogP contribution in [0.5, 0.6) is 5.75 Å². The zero-order chi connectivity index (χ0) is 26.8. The van der Waals surface area contributed by atoms with Crippen molar-refractivity contribution in [3.63, 3.8) is 0 Å². The van der Waals surface area contributed by atoms with Crippen molar-refractivity contribution in [2.45, 2.75) is 61.4 Å². The van der Waals surface area contributed by atoms with Crippen LogP contribution in [0.2, 0.25) is 0 Å². The summed E-state index contributed by atoms with van der Waals surface area (Å²) >= 11 is 0. The van der Waals surface area contributed by atoms with E-state index in [9.17, 15) is 55.5 Å². The fraction of sp³-hybridized carbons (Fsp3) is 0.667. The van der Waals surface area contributed by atoms with Gasteiger partial charge in [0.25, 0.3) is 5.69 Å². The normalized spacial score (nSPS) is 38.8. The predicted molar refractivity (Wildman–Crippen MR) is 111 cm³/mol. The van der Waals surface area contributed by atoms with E-state index in [2.05, 4.69) is 0 Å². The zero-order valence-corrected chi connectivity index (χ0v) is 19.1. The average molecular weight is 543 g/mol. The van der Waals surface area contributed by atoms with Gasteiger partial charge in [0.2, 0.25) is 0 Å². The minimum Gasteiger partial charge on any atom is -0.404 e. The Bertz CT molecular complexity index is 932. The van der Waals surface area contributed by atoms with Crippen LogP contribution in [0.25, 0.3) is 0 Å². The number of phosphoric ester groups is 1. The van der Waals surface area contributed by atoms with Crippen molar-refractivity contribution in [1.82, 2.24) is 0 Å². The molecule has 11 atom stereocenters. The molecule has 2 aliphatic heterocycles. The van der Waals surface area contributed by atoms with Crippen molar-refractivity contribution in [1.29, 1.82) is 0 Å². The average Bonchev–Trinajstić information content (AvgIpc) is 2.84. The molecule has 3 rings (SSSR count). The number of aliphatic hydroxyl groups excluding tert-OH is 8. The second-order valence-corrected chi connectivity index (χ2v) is 9.47. The fourth-order valence-electron chi connectivity index (χ4n) is 3.35. The number of non-ortho nitro benzene ring substituents is 1. The predicted octanol–water partition coefficient (Wildman–Crippen LogP) is -3.29. The van der Waals surface area contributed by atoms with E-state index in [4.69, 9.17) is 23.0 Å². The minimum atomic E-state index is -4.96. The van der Waals surface area contributed by atoms with Gasteiger partial charge < -0.3 is 54.8 Å². The third kappa shape index (κ3) is 6.35. The molecule has 1 aromatic carbocycles. The summed E-state index contributed by atoms with van der Waals surface area (Å²) in [7, 11) is -4.96. The Kier molecular flexibility index (Phi) is 9.34. The number of ether oxygens (including phenoxy) is 2. The molecule has 0 saturated carbocycles. The highest BCUT2D eigenvalue weighted by Gasteiger charge is 2.49. The molecular weight excluding hydrogens is 517 g/mol. The van der Waals surface area contributed by atoms with Crippen LogP contribution in [0.4, 0.5) is 5.69 Å². The first kappa shape index (κ1) is 28.7. The van der Waals surface area contributed by atoms with E-state index >= 15 is 0 Å². The van der Waals surface area contributed by atoms with Gasteiger partial charge in [-0.05, 0) is 12.1 Å². The van der Waals surface area contributed by atoms with Crippen molar-refractivity contribution < 1.29 is 73.4 Å². The Labute approximate surface area is 202 Å². The number of nitrogens with zero attached hydrogens (tertiary/aromatic N) is 1. The number of phosphoric acid groups is 1. The molecule has 18 heteroatoms. The zero-order valence-electron chi connectivity index (χ0n) is 18.2. The number of benzene rings is 1. The lowest BCUT2D eigenvalue weighted by Crippen LogP contribution is -2.59. The van der Waals surface area contributed by atoms with E-state index in [1.807, 2.05) is 0 Å². The van der Waals surface area contributed by atoms with Gasteiger partial charge in [0, 0.05) is 12.1 Å². The van der Waals surface area contributed by atoms with E-state index in [0.29, 0.717) is 0 Å². The van der Waals surface area contributed by atoms with Gasteiger partial charge in [-0.15, -0.1) is 0 Å². The molecule has 17 nitrogen and oxygen atoms in total. The number of rotatable bonds is 9. The van der Waals surface area contributed by atoms with E-state index < -0.39 is 87.4 Å². The van der Waals surface area contributed by atoms with Gasteiger partial charge >= 0.3 is 7.82 Å². The van der Waals surface area contributed by atoms with Crippen molar-refractivity contribution >= 4 is 13.5 Å². The molecule has 2 heterocycles. The van der Waals surface area contributed by atoms with Crippen LogP contribution in [-0.4, -0.2) is 120 Å². The van der Waals surface area contributed by atoms with Gasteiger partial charge in [0.1, 0.15) is 54.6 Å². The summed E-state index contributed by atoms with van der Waals surface area (Å²) in [5, 5.41) is 89.4. The SMILES string of the molecule is O=[N+]([O-])c1ccc(OP(=O)(OC[C@H]2O[C@H](O)[C@@H](O)[C@@H](O)[C@@H]2O)O[C@H]2O[C@H](CO)[C@@H](O)[C@H](O)[C@H]2O)cc1. The topological polar surface area (TPSA) is 268 Å². The molecule has 1 aromatic rings. The number of nitro groups is 1. The van der Waals surface area contributed by atoms with E-state index in [0.717, 1.165) is 24.3 Å². The summed E-state index contributed by atoms with van der Waals surface area (Å²) < 4.78 is 39.0. The maximum Gasteiger partial charge on any atom is 0.532 e. The Balaban J connectivity index is 1.82. The van der Waals surface area contributed by atoms with Crippen LogP contribution in [-0.2, 0) is 23.1 Å². The largest absolute Gasteiger partial charge is 0.532 e. The third-order valence-corrected chi connectivity index (χ3v) is 6.80. The lowest BCUT2D eigenvalue weighted by Gasteiger charge is -2.40. The molecule has 204 valence electrons. The Morgan fingerprint density at radius 2 is 1.44 bits per heavy atom. The molecule has 8 N–H and O–H groups in total. The van der Waals surface area contributed by atoms with E-state index in [1.165, 1.54) is 0 Å². The van der Waals surface area contributed by atoms with Crippen LogP contribution >= 0.6 is 7.82 Å². The Morgan fingerprint density at radius 3 is 2.03 bits per heavy atom. The molecular formula is C18H26NO16P. The maximum absolute atomic E-state index is 13.5. The first-order chi connectivity index (χ1) is 16.9. The highest BCUT2D eigenvalue weighted by atomic mass is 31.2. The maximum atomic E-state index is 13.5. The van der Waals surface area contributed by atoms with Crippen LogP contribution in [0.1, 0.15) is 0 Å². The summed E-state index contributed by atoms with van der Waals surface area (Å²) in [5.41, 5.74) is -0.340. The lowest BCUT2D eigenvalue weighted by atomic mass is 10.00. The van der Waals surface area contributed by atoms with E-state index in [1.54, 1.807) is 0 Å². The summed E-state index contributed by atoms with van der Waals surface area (Å²) in [6.07, 6.45) is -18.2. The van der Waals surface area contributed by atoms with E-state index in [-0.39, 0.29) is 11.4 Å². The summed E-state index contributed by atoms with van der Waals surface area (Å²) in [5.74, 6) is -0.297. The Morgan fingerprint density at radius 1 is 0.861 bits per heavy atom. The molecule has 0 radical (unpaired) electrons. The molecule has 0 bridgehead atoms. The van der Waals surface area contributed by atoms with Crippen molar-refractivity contribution in [2.24, 2.45) is 0 Å². The standard InChI is InChI=1S/C18H26NO16P/c20-5-9-11(21)14(24)16(26)18(33-9)35-36(30,34-8-3-1-7(2-4-8)19(28)29)31-6-10-12(22)13(23)15(25)17(27)32-10/h1-4,9-18,20-27H,5-6H2/t9-,10-,11-,12-,13+,14+,15+,16-,17+,18-,36?/m1/s1. The molecule has 0 spiro atoms. The van der Waals surface area contributed by atoms with Gasteiger partial charge in [-0.25, -0.2) is 9.09 Å². The van der Waals surface area contributed by atoms with Crippen LogP contribution in [0, 0.1) is 10.1 Å². The fourth-order valence-corrected chi connectivity index (χ4v) is 4.65. The van der Waals surface area contributed by atoms with Crippen LogP contribution < -0.4 is 4.52 Å². The van der Waals surface area contributed by atoms with Crippen LogP contribution in [0.3, 0.4) is 0 Å². The third-order valence-electron chi connectivity index (χ3n) is 5.43. The molecule has 0 aliphatic carbocycles. The highest BCUT2D eigenvalue weighted by Crippen LogP contribution is 2.52. The smallest absolute Gasteiger partial charge is 0.404 e. The first-order valence-electron chi connectivity index (χ1n) is 10.4. The van der Waals surface area contributed by atoms with Crippen molar-refractivity contribution in [2.75, 3.05) is 13.2 Å². The van der Waals surface area contributed by atoms with Gasteiger partial charge in [0.15, 0.2) is 12.6 Å². The van der Waals surface area contributed by atoms with Crippen molar-refractivity contribution in [3.05, 3.63) is 34.4 Å². The number of hydrogen-bond donors (Lipinski definition) is 8. The number of aliphatic hydroxyl groups is 8. The lowest BCUT2D eigenvalue weighted by molar-refractivity contribution is -0.384. The molecule has 1 unspecified atom stereocenters. The molecule has 2 aliphatic rings. The summed E-state index contributed by atoms with van der Waals surface area (Å²) in [6, 6.07) is 4.05. The molecule has 0 amide bonds. The Hall–Kier alpha value is -1.83. The van der Waals surface area contributed by atoms with Gasteiger partial charge in [-0.1, -0.05) is 0 Å². The van der Waals surface area contributed by atoms with Gasteiger partial charge in [0.05, 0.1) is 18.1 Å². The van der Waals surface area contributed by atoms with Gasteiger partial charge in [-0.3, -0.25) is 14.6 Å². The minimum absolute atomic E-state index is 0.297. The molecule has 36 heavy (non-hydrogen) atoms. The second-order valence-electron chi connectivity index (χ2n) is 7.92. The monoisotopic (exact) mass is 543 g/mol. The molecule has 2 fully saturated rings. The molecule has 0 aromatic heterocycles. The molecule has 2 saturated heterocycles. The quantitative estimate of drug-likeness (QED) is 0.0861. The van der Waals surface area contributed by atoms with Crippen molar-refractivity contribution in [3.8, 4) is 5.75 Å². The highest BCUT2D eigenvalue weighted by molar-refractivity contribution is 7.49. The number of nitro benzene ring substituents is 1. The first-order valence-corrected chi connectivity index (χ1v) is 11.9. The second kappa shape index (κ2) is 11.7. The van der Waals surface area contributed by atoms with Gasteiger partial charge in [-0.2, -0.15) is 0 Å². The summed E-state index contributed by atoms with van der Waals surface area (Å²) in [6.45, 7) is -1.73. The van der Waals surface area contributed by atoms with Crippen LogP contribution in [0.15, 0.2) is 24.3 Å². The number of hydrogen-bond acceptors (Lipinski definition) is 16.